The average Bonchev–Trinajstić information content (AvgIpc) is 3.22. The first-order chi connectivity index (χ1) is 26.4. The fourth-order valence-electron chi connectivity index (χ4n) is 6.59. The van der Waals surface area contributed by atoms with Gasteiger partial charge in [-0.1, -0.05) is 103 Å². The minimum atomic E-state index is -0.810. The Morgan fingerprint density at radius 1 is 0.852 bits per heavy atom. The van der Waals surface area contributed by atoms with Gasteiger partial charge in [0.05, 0.1) is 25.9 Å². The van der Waals surface area contributed by atoms with Gasteiger partial charge in [-0.25, -0.2) is 9.59 Å². The minimum absolute atomic E-state index is 0.00497. The summed E-state index contributed by atoms with van der Waals surface area (Å²) < 4.78 is 18.1. The molecule has 4 aromatic carbocycles. The number of ether oxygens (including phenoxy) is 3. The number of esters is 1. The molecule has 0 unspecified atom stereocenters. The molecule has 3 N–H and O–H groups in total. The molecule has 1 aliphatic heterocycles. The zero-order chi connectivity index (χ0) is 37.7. The van der Waals surface area contributed by atoms with Crippen LogP contribution in [0.3, 0.4) is 0 Å². The van der Waals surface area contributed by atoms with Crippen LogP contribution in [0.2, 0.25) is 0 Å². The number of methoxy groups -OCH3 is 1. The van der Waals surface area contributed by atoms with Gasteiger partial charge in [-0.3, -0.25) is 4.98 Å². The van der Waals surface area contributed by atoms with Crippen molar-refractivity contribution in [2.75, 3.05) is 27.2 Å². The van der Waals surface area contributed by atoms with Crippen LogP contribution in [-0.2, 0) is 45.0 Å². The molecule has 0 spiro atoms. The zero-order valence-corrected chi connectivity index (χ0v) is 30.8. The van der Waals surface area contributed by atoms with Crippen LogP contribution < -0.4 is 10.6 Å². The lowest BCUT2D eigenvalue weighted by Gasteiger charge is -2.38. The Bertz CT molecular complexity index is 1930. The molecule has 0 aliphatic carbocycles. The van der Waals surface area contributed by atoms with Gasteiger partial charge in [0.1, 0.15) is 6.04 Å². The number of rotatable bonds is 15. The van der Waals surface area contributed by atoms with E-state index in [4.69, 9.17) is 14.2 Å². The Morgan fingerprint density at radius 2 is 1.59 bits per heavy atom. The summed E-state index contributed by atoms with van der Waals surface area (Å²) in [7, 11) is 3.42. The molecule has 0 bridgehead atoms. The Balaban J connectivity index is 1.09. The first-order valence-electron chi connectivity index (χ1n) is 18.3. The Morgan fingerprint density at radius 3 is 2.31 bits per heavy atom. The summed E-state index contributed by atoms with van der Waals surface area (Å²) in [6.45, 7) is 1.87. The number of aliphatic hydroxyl groups is 1. The van der Waals surface area contributed by atoms with Crippen LogP contribution in [0.4, 0.5) is 4.79 Å². The lowest BCUT2D eigenvalue weighted by molar-refractivity contribution is -0.252. The van der Waals surface area contributed by atoms with Crippen molar-refractivity contribution in [1.29, 1.82) is 0 Å². The van der Waals surface area contributed by atoms with Crippen molar-refractivity contribution in [3.8, 4) is 11.1 Å². The van der Waals surface area contributed by atoms with Gasteiger partial charge in [0.15, 0.2) is 6.29 Å². The third kappa shape index (κ3) is 10.8. The second-order valence-corrected chi connectivity index (χ2v) is 13.6. The van der Waals surface area contributed by atoms with Gasteiger partial charge in [-0.15, -0.1) is 0 Å². The van der Waals surface area contributed by atoms with E-state index in [0.717, 1.165) is 64.1 Å². The average molecular weight is 729 g/mol. The summed E-state index contributed by atoms with van der Waals surface area (Å²) in [6, 6.07) is 38.3. The van der Waals surface area contributed by atoms with Gasteiger partial charge in [-0.2, -0.15) is 0 Å². The summed E-state index contributed by atoms with van der Waals surface area (Å²) in [6.07, 6.45) is 2.91. The van der Waals surface area contributed by atoms with E-state index < -0.39 is 24.3 Å². The van der Waals surface area contributed by atoms with E-state index >= 15 is 0 Å². The van der Waals surface area contributed by atoms with Crippen LogP contribution in [0, 0.1) is 0 Å². The highest BCUT2D eigenvalue weighted by Crippen LogP contribution is 2.38. The third-order valence-electron chi connectivity index (χ3n) is 9.58. The number of hydrogen-bond donors (Lipinski definition) is 3. The van der Waals surface area contributed by atoms with Crippen LogP contribution in [0.15, 0.2) is 128 Å². The molecule has 5 aromatic rings. The summed E-state index contributed by atoms with van der Waals surface area (Å²) in [5, 5.41) is 15.2. The first-order valence-corrected chi connectivity index (χ1v) is 18.3. The molecule has 10 heteroatoms. The highest BCUT2D eigenvalue weighted by Gasteiger charge is 2.33. The molecular formula is C44H48N4O6. The highest BCUT2D eigenvalue weighted by atomic mass is 16.7. The molecule has 1 aromatic heterocycles. The number of amides is 2. The van der Waals surface area contributed by atoms with Gasteiger partial charge < -0.3 is 34.9 Å². The fourth-order valence-corrected chi connectivity index (χ4v) is 6.59. The molecule has 2 heterocycles. The van der Waals surface area contributed by atoms with E-state index in [9.17, 15) is 14.7 Å². The predicted octanol–water partition coefficient (Wildman–Crippen LogP) is 6.54. The van der Waals surface area contributed by atoms with Crippen molar-refractivity contribution < 1.29 is 28.9 Å². The van der Waals surface area contributed by atoms with Crippen LogP contribution >= 0.6 is 0 Å². The van der Waals surface area contributed by atoms with Crippen LogP contribution in [0.1, 0.15) is 52.3 Å². The largest absolute Gasteiger partial charge is 0.467 e. The maximum atomic E-state index is 12.8. The number of carbonyl (C=O) groups is 2. The number of carbonyl (C=O) groups excluding carboxylic acids is 2. The van der Waals surface area contributed by atoms with Crippen LogP contribution in [0.25, 0.3) is 11.1 Å². The Labute approximate surface area is 317 Å². The molecule has 0 radical (unpaired) electrons. The monoisotopic (exact) mass is 728 g/mol. The number of aliphatic hydroxyl groups excluding tert-OH is 1. The fraction of sp³-hybridized carbons (Fsp3) is 0.295. The Hall–Kier alpha value is -5.39. The smallest absolute Gasteiger partial charge is 0.328 e. The molecule has 1 fully saturated rings. The summed E-state index contributed by atoms with van der Waals surface area (Å²) in [5.74, 6) is -0.504. The maximum Gasteiger partial charge on any atom is 0.328 e. The Kier molecular flexibility index (Phi) is 13.6. The minimum Gasteiger partial charge on any atom is -0.467 e. The molecule has 280 valence electrons. The topological polar surface area (TPSA) is 122 Å². The van der Waals surface area contributed by atoms with E-state index in [1.54, 1.807) is 0 Å². The second-order valence-electron chi connectivity index (χ2n) is 13.6. The molecule has 0 saturated carbocycles. The molecule has 2 amide bonds. The van der Waals surface area contributed by atoms with Gasteiger partial charge in [0.2, 0.25) is 0 Å². The van der Waals surface area contributed by atoms with Crippen LogP contribution in [-0.4, -0.2) is 66.4 Å². The first kappa shape index (κ1) is 38.3. The van der Waals surface area contributed by atoms with E-state index in [0.29, 0.717) is 12.8 Å². The maximum absolute atomic E-state index is 12.8. The SMILES string of the molecule is COC(=O)[C@H](Cc1ccccc1)NC(=O)NCc1cccc(-c2ccc([C@H]3O[C@@H](CN(C)CCc4ccccn4)C[C@@H](c4ccc(CO)cc4)O3)cc2)c1. The normalized spacial score (nSPS) is 17.4. The van der Waals surface area contributed by atoms with Gasteiger partial charge in [0, 0.05) is 56.4 Å². The molecule has 1 saturated heterocycles. The molecule has 6 rings (SSSR count). The van der Waals surface area contributed by atoms with E-state index in [-0.39, 0.29) is 25.4 Å². The molecule has 4 atom stereocenters. The van der Waals surface area contributed by atoms with Crippen molar-refractivity contribution in [3.63, 3.8) is 0 Å². The number of pyridine rings is 1. The van der Waals surface area contributed by atoms with E-state index in [1.165, 1.54) is 7.11 Å². The number of likely N-dealkylation sites (N-methyl/N-ethyl adjacent to an activating group) is 1. The molecular weight excluding hydrogens is 681 g/mol. The molecule has 1 aliphatic rings. The van der Waals surface area contributed by atoms with Crippen molar-refractivity contribution >= 4 is 12.0 Å². The third-order valence-corrected chi connectivity index (χ3v) is 9.58. The van der Waals surface area contributed by atoms with E-state index in [2.05, 4.69) is 39.7 Å². The lowest BCUT2D eigenvalue weighted by Crippen LogP contribution is -2.47. The van der Waals surface area contributed by atoms with E-state index in [1.807, 2.05) is 115 Å². The lowest BCUT2D eigenvalue weighted by atomic mass is 9.99. The second kappa shape index (κ2) is 19.1. The quantitative estimate of drug-likeness (QED) is 0.104. The van der Waals surface area contributed by atoms with Crippen molar-refractivity contribution in [2.24, 2.45) is 0 Å². The molecule has 54 heavy (non-hydrogen) atoms. The van der Waals surface area contributed by atoms with Gasteiger partial charge in [0.25, 0.3) is 0 Å². The predicted molar refractivity (Wildman–Crippen MR) is 207 cm³/mol. The van der Waals surface area contributed by atoms with Crippen molar-refractivity contribution in [2.45, 2.75) is 57.0 Å². The number of nitrogens with zero attached hydrogens (tertiary/aromatic N) is 2. The van der Waals surface area contributed by atoms with Gasteiger partial charge >= 0.3 is 12.0 Å². The molecule has 10 nitrogen and oxygen atoms in total. The zero-order valence-electron chi connectivity index (χ0n) is 30.8. The summed E-state index contributed by atoms with van der Waals surface area (Å²) in [4.78, 5) is 32.0. The highest BCUT2D eigenvalue weighted by molar-refractivity contribution is 5.83. The van der Waals surface area contributed by atoms with Crippen molar-refractivity contribution in [3.05, 3.63) is 161 Å². The van der Waals surface area contributed by atoms with Crippen molar-refractivity contribution in [1.82, 2.24) is 20.5 Å². The summed E-state index contributed by atoms with van der Waals surface area (Å²) >= 11 is 0. The standard InChI is InChI=1S/C44H48N4O6/c1-48(24-22-38-13-6-7-23-45-38)29-39-27-41(35-16-14-32(30-49)15-17-35)54-43(53-39)36-20-18-34(19-21-36)37-12-8-11-33(25-37)28-46-44(51)47-40(42(50)52-2)26-31-9-4-3-5-10-31/h3-21,23,25,39-41,43,49H,22,24,26-30H2,1-2H3,(H2,46,47,51)/t39-,40+,41+,43+/m1/s1. The number of nitrogens with one attached hydrogen (secondary N) is 2. The van der Waals surface area contributed by atoms with Gasteiger partial charge in [-0.05, 0) is 58.6 Å². The number of hydrogen-bond acceptors (Lipinski definition) is 8. The van der Waals surface area contributed by atoms with Crippen LogP contribution in [0.5, 0.6) is 0 Å². The number of aromatic nitrogens is 1. The number of urea groups is 1. The summed E-state index contributed by atoms with van der Waals surface area (Å²) in [5.41, 5.74) is 7.73. The number of benzene rings is 4.